The minimum absolute atomic E-state index is 0.200. The third-order valence-corrected chi connectivity index (χ3v) is 2.55. The van der Waals surface area contributed by atoms with E-state index < -0.39 is 23.4 Å². The molecule has 0 atom stereocenters. The Morgan fingerprint density at radius 2 is 2.06 bits per heavy atom. The van der Waals surface area contributed by atoms with Crippen LogP contribution in [0.1, 0.15) is 11.1 Å². The van der Waals surface area contributed by atoms with Crippen LogP contribution in [0.4, 0.5) is 13.2 Å². The molecule has 0 bridgehead atoms. The van der Waals surface area contributed by atoms with Crippen molar-refractivity contribution in [3.63, 3.8) is 0 Å². The maximum Gasteiger partial charge on any atom is 0.417 e. The Balaban J connectivity index is 3.29. The first-order valence-corrected chi connectivity index (χ1v) is 5.47. The van der Waals surface area contributed by atoms with Gasteiger partial charge in [-0.2, -0.15) is 13.2 Å². The lowest BCUT2D eigenvalue weighted by molar-refractivity contribution is -0.138. The van der Waals surface area contributed by atoms with Gasteiger partial charge < -0.3 is 10.5 Å². The molecular formula is C11H9BrF3NO2. The molecule has 0 unspecified atom stereocenters. The number of carbonyl (C=O) groups is 1. The highest BCUT2D eigenvalue weighted by Gasteiger charge is 2.33. The van der Waals surface area contributed by atoms with Crippen molar-refractivity contribution in [1.82, 2.24) is 0 Å². The number of hydrogen-bond acceptors (Lipinski definition) is 3. The van der Waals surface area contributed by atoms with Crippen molar-refractivity contribution < 1.29 is 22.7 Å². The van der Waals surface area contributed by atoms with Gasteiger partial charge in [0.05, 0.1) is 12.7 Å². The second-order valence-electron chi connectivity index (χ2n) is 3.32. The molecule has 0 saturated heterocycles. The highest BCUT2D eigenvalue weighted by Crippen LogP contribution is 2.34. The molecule has 0 radical (unpaired) electrons. The minimum atomic E-state index is -4.54. The van der Waals surface area contributed by atoms with Crippen LogP contribution in [-0.2, 0) is 15.7 Å². The van der Waals surface area contributed by atoms with Crippen LogP contribution in [0.25, 0.3) is 6.08 Å². The van der Waals surface area contributed by atoms with Crippen molar-refractivity contribution in [2.24, 2.45) is 5.73 Å². The molecule has 0 fully saturated rings. The lowest BCUT2D eigenvalue weighted by Gasteiger charge is -2.11. The average Bonchev–Trinajstić information content (AvgIpc) is 2.28. The van der Waals surface area contributed by atoms with Gasteiger partial charge in [-0.3, -0.25) is 0 Å². The molecule has 0 aromatic heterocycles. The Morgan fingerprint density at radius 3 is 2.56 bits per heavy atom. The summed E-state index contributed by atoms with van der Waals surface area (Å²) < 4.78 is 42.9. The molecule has 1 aromatic carbocycles. The first-order chi connectivity index (χ1) is 8.25. The van der Waals surface area contributed by atoms with Gasteiger partial charge in [-0.05, 0) is 23.8 Å². The van der Waals surface area contributed by atoms with Gasteiger partial charge in [0.25, 0.3) is 0 Å². The van der Waals surface area contributed by atoms with E-state index in [4.69, 9.17) is 5.73 Å². The molecule has 98 valence electrons. The summed E-state index contributed by atoms with van der Waals surface area (Å²) in [5, 5.41) is 0. The van der Waals surface area contributed by atoms with E-state index in [1.165, 1.54) is 12.1 Å². The number of ether oxygens (including phenoxy) is 1. The van der Waals surface area contributed by atoms with Crippen LogP contribution < -0.4 is 5.73 Å². The lowest BCUT2D eigenvalue weighted by Crippen LogP contribution is -2.14. The number of carbonyl (C=O) groups excluding carboxylic acids is 1. The number of rotatable bonds is 2. The fraction of sp³-hybridized carbons (Fsp3) is 0.182. The van der Waals surface area contributed by atoms with Gasteiger partial charge in [0.1, 0.15) is 5.70 Å². The summed E-state index contributed by atoms with van der Waals surface area (Å²) in [5.74, 6) is -0.883. The molecule has 1 rings (SSSR count). The van der Waals surface area contributed by atoms with E-state index in [2.05, 4.69) is 20.7 Å². The Hall–Kier alpha value is -1.50. The Morgan fingerprint density at radius 1 is 1.44 bits per heavy atom. The number of alkyl halides is 3. The molecular weight excluding hydrogens is 315 g/mol. The molecule has 0 aliphatic carbocycles. The van der Waals surface area contributed by atoms with Crippen molar-refractivity contribution in [3.05, 3.63) is 39.5 Å². The summed E-state index contributed by atoms with van der Waals surface area (Å²) >= 11 is 2.95. The van der Waals surface area contributed by atoms with Gasteiger partial charge in [-0.1, -0.05) is 22.0 Å². The van der Waals surface area contributed by atoms with Crippen molar-refractivity contribution in [2.45, 2.75) is 6.18 Å². The smallest absolute Gasteiger partial charge is 0.417 e. The first kappa shape index (κ1) is 14.6. The van der Waals surface area contributed by atoms with Crippen molar-refractivity contribution in [3.8, 4) is 0 Å². The van der Waals surface area contributed by atoms with E-state index in [-0.39, 0.29) is 10.0 Å². The normalized spacial score (nSPS) is 12.4. The topological polar surface area (TPSA) is 52.3 Å². The van der Waals surface area contributed by atoms with Crippen LogP contribution in [-0.4, -0.2) is 13.1 Å². The van der Waals surface area contributed by atoms with Crippen molar-refractivity contribution in [2.75, 3.05) is 7.11 Å². The zero-order chi connectivity index (χ0) is 13.9. The van der Waals surface area contributed by atoms with Crippen molar-refractivity contribution >= 4 is 28.0 Å². The summed E-state index contributed by atoms with van der Waals surface area (Å²) in [6.45, 7) is 0. The summed E-state index contributed by atoms with van der Waals surface area (Å²) in [5.41, 5.74) is 3.83. The number of nitrogens with two attached hydrogens (primary N) is 1. The summed E-state index contributed by atoms with van der Waals surface area (Å²) in [6.07, 6.45) is -3.60. The van der Waals surface area contributed by atoms with Crippen LogP contribution in [0.3, 0.4) is 0 Å². The number of halogens is 4. The first-order valence-electron chi connectivity index (χ1n) is 4.68. The Bertz CT molecular complexity index is 498. The number of methoxy groups -OCH3 is 1. The Labute approximate surface area is 110 Å². The number of benzene rings is 1. The van der Waals surface area contributed by atoms with Gasteiger partial charge in [-0.15, -0.1) is 0 Å². The summed E-state index contributed by atoms with van der Waals surface area (Å²) in [6, 6.07) is 3.55. The van der Waals surface area contributed by atoms with Crippen LogP contribution in [0.2, 0.25) is 0 Å². The van der Waals surface area contributed by atoms with Crippen LogP contribution in [0.15, 0.2) is 28.4 Å². The van der Waals surface area contributed by atoms with Crippen LogP contribution in [0, 0.1) is 0 Å². The van der Waals surface area contributed by atoms with Gasteiger partial charge in [0.2, 0.25) is 0 Å². The molecule has 3 nitrogen and oxygen atoms in total. The maximum absolute atomic E-state index is 12.8. The van der Waals surface area contributed by atoms with Gasteiger partial charge in [0, 0.05) is 4.47 Å². The van der Waals surface area contributed by atoms with Crippen LogP contribution >= 0.6 is 15.9 Å². The molecule has 0 aliphatic heterocycles. The number of hydrogen-bond donors (Lipinski definition) is 1. The third-order valence-electron chi connectivity index (χ3n) is 2.05. The summed E-state index contributed by atoms with van der Waals surface area (Å²) in [7, 11) is 1.09. The average molecular weight is 324 g/mol. The van der Waals surface area contributed by atoms with Crippen LogP contribution in [0.5, 0.6) is 0 Å². The summed E-state index contributed by atoms with van der Waals surface area (Å²) in [4.78, 5) is 11.0. The van der Waals surface area contributed by atoms with E-state index in [9.17, 15) is 18.0 Å². The predicted octanol–water partition coefficient (Wildman–Crippen LogP) is 2.94. The molecule has 0 spiro atoms. The Kier molecular flexibility index (Phi) is 4.39. The minimum Gasteiger partial charge on any atom is -0.464 e. The predicted molar refractivity (Wildman–Crippen MR) is 63.3 cm³/mol. The quantitative estimate of drug-likeness (QED) is 0.672. The molecule has 1 aromatic rings. The van der Waals surface area contributed by atoms with E-state index in [0.717, 1.165) is 19.3 Å². The standard InChI is InChI=1S/C11H9BrF3NO2/c1-18-10(17)9(16)4-6-2-3-7(12)5-8(6)11(13,14)15/h2-5H,16H2,1H3/b9-4-. The van der Waals surface area contributed by atoms with E-state index in [1.807, 2.05) is 0 Å². The lowest BCUT2D eigenvalue weighted by atomic mass is 10.1. The zero-order valence-electron chi connectivity index (χ0n) is 9.22. The van der Waals surface area contributed by atoms with Gasteiger partial charge >= 0.3 is 12.1 Å². The third kappa shape index (κ3) is 3.49. The highest BCUT2D eigenvalue weighted by molar-refractivity contribution is 9.10. The monoisotopic (exact) mass is 323 g/mol. The fourth-order valence-electron chi connectivity index (χ4n) is 1.24. The number of esters is 1. The molecule has 2 N–H and O–H groups in total. The largest absolute Gasteiger partial charge is 0.464 e. The SMILES string of the molecule is COC(=O)/C(N)=C/c1ccc(Br)cc1C(F)(F)F. The molecule has 0 heterocycles. The second kappa shape index (κ2) is 5.43. The molecule has 0 saturated carbocycles. The second-order valence-corrected chi connectivity index (χ2v) is 4.24. The van der Waals surface area contributed by atoms with E-state index in [0.29, 0.717) is 0 Å². The van der Waals surface area contributed by atoms with E-state index >= 15 is 0 Å². The highest BCUT2D eigenvalue weighted by atomic mass is 79.9. The maximum atomic E-state index is 12.8. The molecule has 0 aliphatic rings. The van der Waals surface area contributed by atoms with Crippen molar-refractivity contribution in [1.29, 1.82) is 0 Å². The van der Waals surface area contributed by atoms with Gasteiger partial charge in [0.15, 0.2) is 0 Å². The van der Waals surface area contributed by atoms with E-state index in [1.54, 1.807) is 0 Å². The molecule has 0 amide bonds. The molecule has 18 heavy (non-hydrogen) atoms. The molecule has 7 heteroatoms. The fourth-order valence-corrected chi connectivity index (χ4v) is 1.61. The zero-order valence-corrected chi connectivity index (χ0v) is 10.8. The van der Waals surface area contributed by atoms with Gasteiger partial charge in [-0.25, -0.2) is 4.79 Å².